The Bertz CT molecular complexity index is 1120. The van der Waals surface area contributed by atoms with E-state index in [1.807, 2.05) is 60.7 Å². The van der Waals surface area contributed by atoms with Crippen LogP contribution in [0.5, 0.6) is 0 Å². The van der Waals surface area contributed by atoms with E-state index in [1.54, 1.807) is 19.1 Å². The largest absolute Gasteiger partial charge is 0.322 e. The van der Waals surface area contributed by atoms with Crippen molar-refractivity contribution in [3.05, 3.63) is 111 Å². The smallest absolute Gasteiger partial charge is 0.272 e. The number of nitrogens with two attached hydrogens (primary N) is 1. The number of rotatable bonds is 8. The maximum absolute atomic E-state index is 12.9. The Kier molecular flexibility index (Phi) is 6.61. The first kappa shape index (κ1) is 21.6. The lowest BCUT2D eigenvalue weighted by atomic mass is 9.95. The first-order valence-electron chi connectivity index (χ1n) is 9.36. The van der Waals surface area contributed by atoms with Gasteiger partial charge in [0.15, 0.2) is 0 Å². The molecule has 156 valence electrons. The summed E-state index contributed by atoms with van der Waals surface area (Å²) in [6, 6.07) is 21.5. The van der Waals surface area contributed by atoms with Crippen molar-refractivity contribution in [1.29, 1.82) is 0 Å². The van der Waals surface area contributed by atoms with Crippen molar-refractivity contribution in [3.63, 3.8) is 0 Å². The molecule has 0 aromatic heterocycles. The van der Waals surface area contributed by atoms with E-state index in [1.165, 1.54) is 6.07 Å². The first-order valence-corrected chi connectivity index (χ1v) is 11.0. The number of aryl methyl sites for hydroxylation is 1. The Morgan fingerprint density at radius 3 is 2.10 bits per heavy atom. The quantitative estimate of drug-likeness (QED) is 0.421. The molecule has 3 aromatic rings. The molecule has 0 saturated heterocycles. The summed E-state index contributed by atoms with van der Waals surface area (Å²) in [5, 5.41) is 11.2. The van der Waals surface area contributed by atoms with E-state index in [0.29, 0.717) is 11.1 Å². The maximum Gasteiger partial charge on any atom is 0.272 e. The van der Waals surface area contributed by atoms with E-state index in [4.69, 9.17) is 5.73 Å². The summed E-state index contributed by atoms with van der Waals surface area (Å²) in [5.41, 5.74) is 8.66. The predicted molar refractivity (Wildman–Crippen MR) is 116 cm³/mol. The van der Waals surface area contributed by atoms with Gasteiger partial charge in [0.2, 0.25) is 10.0 Å². The lowest BCUT2D eigenvalue weighted by Crippen LogP contribution is -2.36. The molecule has 3 N–H and O–H groups in total. The van der Waals surface area contributed by atoms with Gasteiger partial charge in [0.1, 0.15) is 0 Å². The summed E-state index contributed by atoms with van der Waals surface area (Å²) in [4.78, 5) is 10.7. The van der Waals surface area contributed by atoms with Gasteiger partial charge in [0, 0.05) is 11.6 Å². The van der Waals surface area contributed by atoms with Gasteiger partial charge in [-0.05, 0) is 23.6 Å². The number of nitrogens with one attached hydrogen (secondary N) is 1. The molecule has 0 amide bonds. The average molecular weight is 426 g/mol. The number of hydrogen-bond donors (Lipinski definition) is 2. The van der Waals surface area contributed by atoms with Crippen LogP contribution in [-0.4, -0.2) is 13.3 Å². The van der Waals surface area contributed by atoms with Gasteiger partial charge in [-0.2, -0.15) is 0 Å². The molecule has 0 spiro atoms. The highest BCUT2D eigenvalue weighted by Crippen LogP contribution is 2.28. The molecule has 30 heavy (non-hydrogen) atoms. The summed E-state index contributed by atoms with van der Waals surface area (Å²) in [6.07, 6.45) is 0. The van der Waals surface area contributed by atoms with Gasteiger partial charge < -0.3 is 5.73 Å². The van der Waals surface area contributed by atoms with Gasteiger partial charge in [-0.1, -0.05) is 72.8 Å². The van der Waals surface area contributed by atoms with E-state index in [2.05, 4.69) is 4.72 Å². The molecular formula is C22H23N3O4S. The maximum atomic E-state index is 12.9. The van der Waals surface area contributed by atoms with Gasteiger partial charge >= 0.3 is 0 Å². The highest BCUT2D eigenvalue weighted by atomic mass is 32.2. The van der Waals surface area contributed by atoms with Gasteiger partial charge in [0.25, 0.3) is 5.69 Å². The van der Waals surface area contributed by atoms with Gasteiger partial charge in [-0.25, -0.2) is 13.1 Å². The molecule has 0 fully saturated rings. The van der Waals surface area contributed by atoms with E-state index in [-0.39, 0.29) is 11.4 Å². The molecular weight excluding hydrogens is 402 g/mol. The van der Waals surface area contributed by atoms with Crippen LogP contribution in [0.25, 0.3) is 0 Å². The van der Waals surface area contributed by atoms with Crippen LogP contribution < -0.4 is 10.5 Å². The highest BCUT2D eigenvalue weighted by Gasteiger charge is 2.27. The van der Waals surface area contributed by atoms with Crippen LogP contribution >= 0.6 is 0 Å². The monoisotopic (exact) mass is 425 g/mol. The second kappa shape index (κ2) is 9.17. The van der Waals surface area contributed by atoms with Gasteiger partial charge in [-0.3, -0.25) is 10.1 Å². The molecule has 0 aliphatic carbocycles. The van der Waals surface area contributed by atoms with Crippen molar-refractivity contribution in [3.8, 4) is 0 Å². The summed E-state index contributed by atoms with van der Waals surface area (Å²) in [6.45, 7) is 1.61. The van der Waals surface area contributed by atoms with Crippen molar-refractivity contribution in [1.82, 2.24) is 4.72 Å². The number of nitro groups is 1. The van der Waals surface area contributed by atoms with Crippen LogP contribution in [0.3, 0.4) is 0 Å². The molecule has 0 saturated carbocycles. The molecule has 0 bridgehead atoms. The van der Waals surface area contributed by atoms with Gasteiger partial charge in [-0.15, -0.1) is 0 Å². The highest BCUT2D eigenvalue weighted by molar-refractivity contribution is 7.88. The van der Waals surface area contributed by atoms with E-state index < -0.39 is 27.0 Å². The zero-order chi connectivity index (χ0) is 21.7. The Balaban J connectivity index is 1.90. The third-order valence-corrected chi connectivity index (χ3v) is 6.16. The summed E-state index contributed by atoms with van der Waals surface area (Å²) in [5.74, 6) is -0.390. The molecule has 0 heterocycles. The zero-order valence-corrected chi connectivity index (χ0v) is 17.2. The predicted octanol–water partition coefficient (Wildman–Crippen LogP) is 3.76. The third kappa shape index (κ3) is 5.29. The molecule has 8 heteroatoms. The lowest BCUT2D eigenvalue weighted by molar-refractivity contribution is -0.385. The Labute approximate surface area is 175 Å². The average Bonchev–Trinajstić information content (AvgIpc) is 2.74. The molecule has 2 unspecified atom stereocenters. The number of nitro benzene ring substituents is 1. The number of hydrogen-bond acceptors (Lipinski definition) is 5. The standard InChI is InChI=1S/C22H23N3O4S/c1-16-12-13-17(14-20(16)25(26)27)15-30(28,29)24-22(19-10-6-3-7-11-19)21(23)18-8-4-2-5-9-18/h2-14,21-22,24H,15,23H2,1H3. The third-order valence-electron chi connectivity index (χ3n) is 4.84. The second-order valence-electron chi connectivity index (χ2n) is 7.08. The van der Waals surface area contributed by atoms with E-state index in [9.17, 15) is 18.5 Å². The fourth-order valence-corrected chi connectivity index (χ4v) is 4.64. The Morgan fingerprint density at radius 1 is 0.967 bits per heavy atom. The SMILES string of the molecule is Cc1ccc(CS(=O)(=O)NC(c2ccccc2)C(N)c2ccccc2)cc1[N+](=O)[O-]. The molecule has 3 aromatic carbocycles. The van der Waals surface area contributed by atoms with Crippen LogP contribution in [0.4, 0.5) is 5.69 Å². The molecule has 3 rings (SSSR count). The van der Waals surface area contributed by atoms with Crippen LogP contribution in [0.15, 0.2) is 78.9 Å². The molecule has 0 aliphatic rings. The van der Waals surface area contributed by atoms with E-state index >= 15 is 0 Å². The van der Waals surface area contributed by atoms with E-state index in [0.717, 1.165) is 11.1 Å². The summed E-state index contributed by atoms with van der Waals surface area (Å²) in [7, 11) is -3.84. The summed E-state index contributed by atoms with van der Waals surface area (Å²) < 4.78 is 28.6. The van der Waals surface area contributed by atoms with Crippen molar-refractivity contribution >= 4 is 15.7 Å². The summed E-state index contributed by atoms with van der Waals surface area (Å²) >= 11 is 0. The fraction of sp³-hybridized carbons (Fsp3) is 0.182. The van der Waals surface area contributed by atoms with Crippen LogP contribution in [-0.2, 0) is 15.8 Å². The van der Waals surface area contributed by atoms with Crippen LogP contribution in [0.2, 0.25) is 0 Å². The Morgan fingerprint density at radius 2 is 1.53 bits per heavy atom. The second-order valence-corrected chi connectivity index (χ2v) is 8.83. The van der Waals surface area contributed by atoms with Crippen molar-refractivity contribution in [2.45, 2.75) is 24.8 Å². The van der Waals surface area contributed by atoms with Crippen LogP contribution in [0, 0.1) is 17.0 Å². The number of nitrogens with zero attached hydrogens (tertiary/aromatic N) is 1. The van der Waals surface area contributed by atoms with Crippen molar-refractivity contribution in [2.75, 3.05) is 0 Å². The normalized spacial score (nSPS) is 13.5. The molecule has 0 radical (unpaired) electrons. The zero-order valence-electron chi connectivity index (χ0n) is 16.4. The molecule has 0 aliphatic heterocycles. The minimum atomic E-state index is -3.84. The minimum absolute atomic E-state index is 0.108. The fourth-order valence-electron chi connectivity index (χ4n) is 3.27. The Hall–Kier alpha value is -3.07. The lowest BCUT2D eigenvalue weighted by Gasteiger charge is -2.26. The first-order chi connectivity index (χ1) is 14.3. The number of sulfonamides is 1. The topological polar surface area (TPSA) is 115 Å². The molecule has 2 atom stereocenters. The van der Waals surface area contributed by atoms with Gasteiger partial charge in [0.05, 0.1) is 22.8 Å². The van der Waals surface area contributed by atoms with Crippen molar-refractivity contribution in [2.24, 2.45) is 5.73 Å². The minimum Gasteiger partial charge on any atom is -0.322 e. The van der Waals surface area contributed by atoms with Crippen LogP contribution in [0.1, 0.15) is 34.3 Å². The van der Waals surface area contributed by atoms with Crippen molar-refractivity contribution < 1.29 is 13.3 Å². The number of benzene rings is 3. The molecule has 7 nitrogen and oxygen atoms in total.